The van der Waals surface area contributed by atoms with E-state index >= 15 is 0 Å². The summed E-state index contributed by atoms with van der Waals surface area (Å²) in [6.45, 7) is 9.60. The Morgan fingerprint density at radius 3 is 2.72 bits per heavy atom. The van der Waals surface area contributed by atoms with Crippen LogP contribution >= 0.6 is 0 Å². The van der Waals surface area contributed by atoms with E-state index in [2.05, 4.69) is 55.3 Å². The van der Waals surface area contributed by atoms with Crippen molar-refractivity contribution in [1.29, 1.82) is 0 Å². The summed E-state index contributed by atoms with van der Waals surface area (Å²) >= 11 is 0. The van der Waals surface area contributed by atoms with Crippen molar-refractivity contribution in [2.45, 2.75) is 44.4 Å². The SMILES string of the molecule is CN=C(NCCCCN1CCCC1)N1CC2OCCN(Cc3ccccc3)C2C1. The van der Waals surface area contributed by atoms with Gasteiger partial charge in [-0.2, -0.15) is 0 Å². The number of unbranched alkanes of at least 4 members (excludes halogenated alkanes) is 1. The molecule has 0 saturated carbocycles. The molecule has 0 radical (unpaired) electrons. The van der Waals surface area contributed by atoms with Gasteiger partial charge in [-0.25, -0.2) is 0 Å². The largest absolute Gasteiger partial charge is 0.373 e. The molecule has 29 heavy (non-hydrogen) atoms. The zero-order valence-corrected chi connectivity index (χ0v) is 17.9. The van der Waals surface area contributed by atoms with Crippen molar-refractivity contribution >= 4 is 5.96 Å². The lowest BCUT2D eigenvalue weighted by atomic mass is 10.1. The second-order valence-corrected chi connectivity index (χ2v) is 8.57. The Labute approximate surface area is 175 Å². The molecule has 1 aromatic rings. The van der Waals surface area contributed by atoms with E-state index in [4.69, 9.17) is 4.74 Å². The van der Waals surface area contributed by atoms with Crippen LogP contribution in [0.4, 0.5) is 0 Å². The Bertz CT molecular complexity index is 646. The number of nitrogens with one attached hydrogen (secondary N) is 1. The van der Waals surface area contributed by atoms with Crippen molar-refractivity contribution in [1.82, 2.24) is 20.0 Å². The molecule has 0 aromatic heterocycles. The minimum absolute atomic E-state index is 0.279. The molecule has 3 fully saturated rings. The minimum atomic E-state index is 0.279. The van der Waals surface area contributed by atoms with Crippen LogP contribution in [0, 0.1) is 0 Å². The van der Waals surface area contributed by atoms with Crippen LogP contribution in [0.3, 0.4) is 0 Å². The van der Waals surface area contributed by atoms with Gasteiger partial charge in [-0.3, -0.25) is 9.89 Å². The normalized spacial score (nSPS) is 26.1. The van der Waals surface area contributed by atoms with Crippen molar-refractivity contribution < 1.29 is 4.74 Å². The molecule has 0 bridgehead atoms. The van der Waals surface area contributed by atoms with E-state index in [-0.39, 0.29) is 6.10 Å². The lowest BCUT2D eigenvalue weighted by Crippen LogP contribution is -2.50. The summed E-state index contributed by atoms with van der Waals surface area (Å²) in [6.07, 6.45) is 5.51. The zero-order chi connectivity index (χ0) is 19.9. The number of guanidine groups is 1. The van der Waals surface area contributed by atoms with Crippen molar-refractivity contribution in [3.8, 4) is 0 Å². The maximum absolute atomic E-state index is 6.12. The molecule has 3 aliphatic heterocycles. The molecule has 2 atom stereocenters. The van der Waals surface area contributed by atoms with Gasteiger partial charge in [0.15, 0.2) is 5.96 Å². The van der Waals surface area contributed by atoms with Gasteiger partial charge in [-0.05, 0) is 50.9 Å². The highest BCUT2D eigenvalue weighted by Gasteiger charge is 2.41. The molecule has 1 aromatic carbocycles. The molecule has 3 saturated heterocycles. The van der Waals surface area contributed by atoms with E-state index < -0.39 is 0 Å². The van der Waals surface area contributed by atoms with Crippen LogP contribution in [0.5, 0.6) is 0 Å². The van der Waals surface area contributed by atoms with E-state index in [9.17, 15) is 0 Å². The van der Waals surface area contributed by atoms with E-state index in [1.54, 1.807) is 0 Å². The van der Waals surface area contributed by atoms with Gasteiger partial charge < -0.3 is 19.9 Å². The molecule has 6 nitrogen and oxygen atoms in total. The third kappa shape index (κ3) is 5.50. The highest BCUT2D eigenvalue weighted by Crippen LogP contribution is 2.24. The number of hydrogen-bond acceptors (Lipinski definition) is 4. The minimum Gasteiger partial charge on any atom is -0.373 e. The third-order valence-corrected chi connectivity index (χ3v) is 6.54. The molecule has 0 aliphatic carbocycles. The Hall–Kier alpha value is -1.63. The summed E-state index contributed by atoms with van der Waals surface area (Å²) in [5.74, 6) is 1.03. The van der Waals surface area contributed by atoms with Crippen LogP contribution < -0.4 is 5.32 Å². The van der Waals surface area contributed by atoms with Crippen molar-refractivity contribution in [3.05, 3.63) is 35.9 Å². The molecule has 3 aliphatic rings. The second kappa shape index (κ2) is 10.4. The van der Waals surface area contributed by atoms with E-state index in [1.165, 1.54) is 50.9 Å². The van der Waals surface area contributed by atoms with Gasteiger partial charge in [0.05, 0.1) is 18.8 Å². The van der Waals surface area contributed by atoms with Gasteiger partial charge in [-0.1, -0.05) is 30.3 Å². The van der Waals surface area contributed by atoms with Crippen molar-refractivity contribution in [2.24, 2.45) is 4.99 Å². The first kappa shape index (κ1) is 20.6. The first-order valence-corrected chi connectivity index (χ1v) is 11.4. The molecule has 4 rings (SSSR count). The van der Waals surface area contributed by atoms with Gasteiger partial charge >= 0.3 is 0 Å². The molecule has 160 valence electrons. The smallest absolute Gasteiger partial charge is 0.193 e. The second-order valence-electron chi connectivity index (χ2n) is 8.57. The molecule has 6 heteroatoms. The zero-order valence-electron chi connectivity index (χ0n) is 17.9. The topological polar surface area (TPSA) is 43.3 Å². The van der Waals surface area contributed by atoms with Crippen molar-refractivity contribution in [2.75, 3.05) is 59.5 Å². The number of aliphatic imine (C=N–C) groups is 1. The highest BCUT2D eigenvalue weighted by molar-refractivity contribution is 5.80. The standard InChI is InChI=1S/C23H37N5O/c1-24-23(25-11-5-6-12-26-13-7-8-14-26)28-18-21-22(19-28)29-16-15-27(21)17-20-9-3-2-4-10-20/h2-4,9-10,21-22H,5-8,11-19H2,1H3,(H,24,25). The van der Waals surface area contributed by atoms with Gasteiger partial charge in [0, 0.05) is 39.8 Å². The molecular formula is C23H37N5O. The number of likely N-dealkylation sites (tertiary alicyclic amines) is 2. The predicted molar refractivity (Wildman–Crippen MR) is 118 cm³/mol. The predicted octanol–water partition coefficient (Wildman–Crippen LogP) is 2.02. The quantitative estimate of drug-likeness (QED) is 0.432. The average Bonchev–Trinajstić information content (AvgIpc) is 3.42. The van der Waals surface area contributed by atoms with E-state index in [0.29, 0.717) is 6.04 Å². The summed E-state index contributed by atoms with van der Waals surface area (Å²) in [7, 11) is 1.90. The van der Waals surface area contributed by atoms with E-state index in [1.807, 2.05) is 7.05 Å². The third-order valence-electron chi connectivity index (χ3n) is 6.54. The maximum Gasteiger partial charge on any atom is 0.193 e. The Balaban J connectivity index is 1.24. The summed E-state index contributed by atoms with van der Waals surface area (Å²) in [6, 6.07) is 11.2. The van der Waals surface area contributed by atoms with Gasteiger partial charge in [-0.15, -0.1) is 0 Å². The summed E-state index contributed by atoms with van der Waals surface area (Å²) < 4.78 is 6.12. The van der Waals surface area contributed by atoms with Crippen LogP contribution in [-0.2, 0) is 11.3 Å². The summed E-state index contributed by atoms with van der Waals surface area (Å²) in [4.78, 5) is 12.1. The molecule has 0 spiro atoms. The molecule has 3 heterocycles. The maximum atomic E-state index is 6.12. The fourth-order valence-electron chi connectivity index (χ4n) is 4.94. The fourth-order valence-corrected chi connectivity index (χ4v) is 4.94. The molecule has 0 amide bonds. The lowest BCUT2D eigenvalue weighted by Gasteiger charge is -2.36. The Morgan fingerprint density at radius 1 is 1.10 bits per heavy atom. The Morgan fingerprint density at radius 2 is 1.93 bits per heavy atom. The average molecular weight is 400 g/mol. The molecule has 1 N–H and O–H groups in total. The fraction of sp³-hybridized carbons (Fsp3) is 0.696. The molecule has 2 unspecified atom stereocenters. The first-order valence-electron chi connectivity index (χ1n) is 11.4. The number of fused-ring (bicyclic) bond motifs is 1. The number of nitrogens with zero attached hydrogens (tertiary/aromatic N) is 4. The van der Waals surface area contributed by atoms with E-state index in [0.717, 1.165) is 45.3 Å². The van der Waals surface area contributed by atoms with Crippen LogP contribution in [0.1, 0.15) is 31.2 Å². The van der Waals surface area contributed by atoms with Gasteiger partial charge in [0.1, 0.15) is 0 Å². The van der Waals surface area contributed by atoms with Crippen LogP contribution in [0.25, 0.3) is 0 Å². The van der Waals surface area contributed by atoms with Gasteiger partial charge in [0.2, 0.25) is 0 Å². The monoisotopic (exact) mass is 399 g/mol. The lowest BCUT2D eigenvalue weighted by molar-refractivity contribution is -0.0502. The number of benzene rings is 1. The number of hydrogen-bond donors (Lipinski definition) is 1. The number of rotatable bonds is 7. The number of ether oxygens (including phenoxy) is 1. The van der Waals surface area contributed by atoms with Gasteiger partial charge in [0.25, 0.3) is 0 Å². The summed E-state index contributed by atoms with van der Waals surface area (Å²) in [5.41, 5.74) is 1.38. The van der Waals surface area contributed by atoms with Crippen LogP contribution in [-0.4, -0.2) is 92.3 Å². The van der Waals surface area contributed by atoms with Crippen molar-refractivity contribution in [3.63, 3.8) is 0 Å². The number of morpholine rings is 1. The Kier molecular flexibility index (Phi) is 7.41. The van der Waals surface area contributed by atoms with Crippen LogP contribution in [0.15, 0.2) is 35.3 Å². The highest BCUT2D eigenvalue weighted by atomic mass is 16.5. The molecular weight excluding hydrogens is 362 g/mol. The summed E-state index contributed by atoms with van der Waals surface area (Å²) in [5, 5.41) is 3.59. The van der Waals surface area contributed by atoms with Crippen LogP contribution in [0.2, 0.25) is 0 Å². The first-order chi connectivity index (χ1) is 14.3.